The lowest BCUT2D eigenvalue weighted by atomic mass is 9.73. The van der Waals surface area contributed by atoms with Gasteiger partial charge in [0.1, 0.15) is 5.82 Å². The lowest BCUT2D eigenvalue weighted by Gasteiger charge is -2.36. The highest BCUT2D eigenvalue weighted by atomic mass is 16.5. The fourth-order valence-electron chi connectivity index (χ4n) is 3.51. The second kappa shape index (κ2) is 7.74. The average Bonchev–Trinajstić information content (AvgIpc) is 2.75. The number of nitrogen functional groups attached to an aromatic ring is 1. The first-order valence-corrected chi connectivity index (χ1v) is 9.16. The van der Waals surface area contributed by atoms with Crippen molar-refractivity contribution in [2.24, 2.45) is 0 Å². The summed E-state index contributed by atoms with van der Waals surface area (Å²) in [5, 5.41) is 2.96. The van der Waals surface area contributed by atoms with Crippen LogP contribution in [0.15, 0.2) is 61.1 Å². The van der Waals surface area contributed by atoms with Crippen LogP contribution in [0.4, 0.5) is 11.8 Å². The summed E-state index contributed by atoms with van der Waals surface area (Å²) in [5.41, 5.74) is 7.72. The standard InChI is InChI=1S/C21H21N5O2/c22-20-24-13-16(14-25-20)15-4-6-17(7-5-15)21(8-11-28-12-9-21)19(27)26-18-3-1-2-10-23-18/h1-7,10,13-14H,8-9,11-12H2,(H2,22,24,25)(H,23,26,27). The predicted molar refractivity (Wildman–Crippen MR) is 106 cm³/mol. The molecule has 3 aromatic rings. The van der Waals surface area contributed by atoms with E-state index in [0.29, 0.717) is 31.9 Å². The molecule has 1 aromatic carbocycles. The van der Waals surface area contributed by atoms with Crippen LogP contribution in [0.1, 0.15) is 18.4 Å². The average molecular weight is 375 g/mol. The number of nitrogens with two attached hydrogens (primary N) is 1. The molecule has 0 spiro atoms. The first kappa shape index (κ1) is 18.1. The zero-order valence-electron chi connectivity index (χ0n) is 15.3. The van der Waals surface area contributed by atoms with Gasteiger partial charge in [0, 0.05) is 37.4 Å². The third-order valence-corrected chi connectivity index (χ3v) is 5.13. The number of anilines is 2. The molecule has 142 valence electrons. The fraction of sp³-hybridized carbons (Fsp3) is 0.238. The number of ether oxygens (including phenoxy) is 1. The molecule has 0 atom stereocenters. The number of hydrogen-bond donors (Lipinski definition) is 2. The van der Waals surface area contributed by atoms with Crippen LogP contribution in [0, 0.1) is 0 Å². The van der Waals surface area contributed by atoms with Gasteiger partial charge in [0.2, 0.25) is 11.9 Å². The summed E-state index contributed by atoms with van der Waals surface area (Å²) in [6.45, 7) is 1.09. The molecule has 3 heterocycles. The lowest BCUT2D eigenvalue weighted by molar-refractivity contribution is -0.125. The maximum absolute atomic E-state index is 13.2. The Bertz CT molecular complexity index is 937. The highest BCUT2D eigenvalue weighted by Crippen LogP contribution is 2.37. The second-order valence-corrected chi connectivity index (χ2v) is 6.77. The van der Waals surface area contributed by atoms with Crippen molar-refractivity contribution in [1.29, 1.82) is 0 Å². The maximum Gasteiger partial charge on any atom is 0.236 e. The van der Waals surface area contributed by atoms with Crippen LogP contribution in [0.2, 0.25) is 0 Å². The number of nitrogens with one attached hydrogen (secondary N) is 1. The van der Waals surface area contributed by atoms with Gasteiger partial charge in [0.05, 0.1) is 5.41 Å². The molecule has 7 nitrogen and oxygen atoms in total. The van der Waals surface area contributed by atoms with Crippen LogP contribution in [-0.2, 0) is 14.9 Å². The van der Waals surface area contributed by atoms with Gasteiger partial charge in [0.25, 0.3) is 0 Å². The van der Waals surface area contributed by atoms with Gasteiger partial charge in [-0.3, -0.25) is 4.79 Å². The SMILES string of the molecule is Nc1ncc(-c2ccc(C3(C(=O)Nc4ccccn4)CCOCC3)cc2)cn1. The molecule has 4 rings (SSSR count). The second-order valence-electron chi connectivity index (χ2n) is 6.77. The molecular formula is C21H21N5O2. The topological polar surface area (TPSA) is 103 Å². The van der Waals surface area contributed by atoms with Gasteiger partial charge in [-0.2, -0.15) is 0 Å². The number of benzene rings is 1. The van der Waals surface area contributed by atoms with E-state index < -0.39 is 5.41 Å². The summed E-state index contributed by atoms with van der Waals surface area (Å²) in [6.07, 6.45) is 6.28. The highest BCUT2D eigenvalue weighted by molar-refractivity contribution is 5.98. The predicted octanol–water partition coefficient (Wildman–Crippen LogP) is 2.81. The summed E-state index contributed by atoms with van der Waals surface area (Å²) in [5.74, 6) is 0.736. The Labute approximate surface area is 163 Å². The minimum absolute atomic E-state index is 0.0573. The molecule has 7 heteroatoms. The van der Waals surface area contributed by atoms with E-state index >= 15 is 0 Å². The normalized spacial score (nSPS) is 15.7. The van der Waals surface area contributed by atoms with Gasteiger partial charge >= 0.3 is 0 Å². The van der Waals surface area contributed by atoms with E-state index in [2.05, 4.69) is 20.3 Å². The van der Waals surface area contributed by atoms with Gasteiger partial charge in [-0.25, -0.2) is 15.0 Å². The van der Waals surface area contributed by atoms with Crippen LogP contribution < -0.4 is 11.1 Å². The van der Waals surface area contributed by atoms with Crippen molar-refractivity contribution in [3.63, 3.8) is 0 Å². The maximum atomic E-state index is 13.2. The summed E-state index contributed by atoms with van der Waals surface area (Å²) >= 11 is 0. The minimum Gasteiger partial charge on any atom is -0.381 e. The summed E-state index contributed by atoms with van der Waals surface area (Å²) in [7, 11) is 0. The molecule has 0 saturated carbocycles. The van der Waals surface area contributed by atoms with Crippen LogP contribution >= 0.6 is 0 Å². The van der Waals surface area contributed by atoms with Crippen LogP contribution in [0.5, 0.6) is 0 Å². The van der Waals surface area contributed by atoms with Crippen molar-refractivity contribution < 1.29 is 9.53 Å². The molecule has 1 saturated heterocycles. The van der Waals surface area contributed by atoms with E-state index in [1.54, 1.807) is 24.7 Å². The number of nitrogens with zero attached hydrogens (tertiary/aromatic N) is 3. The summed E-state index contributed by atoms with van der Waals surface area (Å²) in [4.78, 5) is 25.5. The molecule has 0 radical (unpaired) electrons. The Kier molecular flexibility index (Phi) is 4.99. The third kappa shape index (κ3) is 3.57. The first-order valence-electron chi connectivity index (χ1n) is 9.16. The summed E-state index contributed by atoms with van der Waals surface area (Å²) in [6, 6.07) is 13.4. The number of aromatic nitrogens is 3. The Morgan fingerprint density at radius 2 is 1.68 bits per heavy atom. The number of carbonyl (C=O) groups excluding carboxylic acids is 1. The number of pyridine rings is 1. The monoisotopic (exact) mass is 375 g/mol. The van der Waals surface area contributed by atoms with Crippen LogP contribution in [-0.4, -0.2) is 34.1 Å². The Morgan fingerprint density at radius 3 is 2.32 bits per heavy atom. The molecule has 1 amide bonds. The molecule has 0 aliphatic carbocycles. The van der Waals surface area contributed by atoms with E-state index in [1.807, 2.05) is 36.4 Å². The van der Waals surface area contributed by atoms with Gasteiger partial charge in [-0.1, -0.05) is 30.3 Å². The number of hydrogen-bond acceptors (Lipinski definition) is 6. The molecule has 1 aliphatic heterocycles. The van der Waals surface area contributed by atoms with Crippen molar-refractivity contribution in [3.8, 4) is 11.1 Å². The van der Waals surface area contributed by atoms with Gasteiger partial charge in [-0.15, -0.1) is 0 Å². The van der Waals surface area contributed by atoms with E-state index in [0.717, 1.165) is 16.7 Å². The first-order chi connectivity index (χ1) is 13.7. The molecular weight excluding hydrogens is 354 g/mol. The van der Waals surface area contributed by atoms with Crippen LogP contribution in [0.3, 0.4) is 0 Å². The minimum atomic E-state index is -0.647. The fourth-order valence-corrected chi connectivity index (χ4v) is 3.51. The van der Waals surface area contributed by atoms with E-state index in [1.165, 1.54) is 0 Å². The van der Waals surface area contributed by atoms with Crippen LogP contribution in [0.25, 0.3) is 11.1 Å². The molecule has 0 bridgehead atoms. The molecule has 2 aromatic heterocycles. The van der Waals surface area contributed by atoms with Crippen molar-refractivity contribution in [2.75, 3.05) is 24.3 Å². The van der Waals surface area contributed by atoms with Crippen molar-refractivity contribution in [1.82, 2.24) is 15.0 Å². The Morgan fingerprint density at radius 1 is 0.964 bits per heavy atom. The van der Waals surface area contributed by atoms with Gasteiger partial charge in [-0.05, 0) is 36.1 Å². The van der Waals surface area contributed by atoms with Crippen molar-refractivity contribution in [2.45, 2.75) is 18.3 Å². The molecule has 1 fully saturated rings. The Hall–Kier alpha value is -3.32. The molecule has 1 aliphatic rings. The van der Waals surface area contributed by atoms with E-state index in [-0.39, 0.29) is 11.9 Å². The van der Waals surface area contributed by atoms with Crippen molar-refractivity contribution in [3.05, 3.63) is 66.6 Å². The van der Waals surface area contributed by atoms with E-state index in [9.17, 15) is 4.79 Å². The quantitative estimate of drug-likeness (QED) is 0.727. The van der Waals surface area contributed by atoms with E-state index in [4.69, 9.17) is 10.5 Å². The highest BCUT2D eigenvalue weighted by Gasteiger charge is 2.41. The Balaban J connectivity index is 1.63. The lowest BCUT2D eigenvalue weighted by Crippen LogP contribution is -2.45. The number of amides is 1. The largest absolute Gasteiger partial charge is 0.381 e. The van der Waals surface area contributed by atoms with Gasteiger partial charge in [0.15, 0.2) is 0 Å². The zero-order valence-corrected chi connectivity index (χ0v) is 15.3. The summed E-state index contributed by atoms with van der Waals surface area (Å²) < 4.78 is 5.53. The zero-order chi connectivity index (χ0) is 19.4. The smallest absolute Gasteiger partial charge is 0.236 e. The van der Waals surface area contributed by atoms with Crippen molar-refractivity contribution >= 4 is 17.7 Å². The molecule has 28 heavy (non-hydrogen) atoms. The van der Waals surface area contributed by atoms with Gasteiger partial charge < -0.3 is 15.8 Å². The third-order valence-electron chi connectivity index (χ3n) is 5.13. The molecule has 3 N–H and O–H groups in total. The number of rotatable bonds is 4. The molecule has 0 unspecified atom stereocenters. The number of carbonyl (C=O) groups is 1.